The van der Waals surface area contributed by atoms with Crippen LogP contribution in [0, 0.1) is 13.8 Å². The van der Waals surface area contributed by atoms with E-state index in [2.05, 4.69) is 6.07 Å². The van der Waals surface area contributed by atoms with E-state index in [9.17, 15) is 0 Å². The fraction of sp³-hybridized carbons (Fsp3) is 0.294. The zero-order chi connectivity index (χ0) is 15.6. The van der Waals surface area contributed by atoms with Crippen LogP contribution in [0.4, 0.5) is 0 Å². The van der Waals surface area contributed by atoms with Crippen molar-refractivity contribution >= 4 is 11.6 Å². The van der Waals surface area contributed by atoms with Gasteiger partial charge in [-0.25, -0.2) is 0 Å². The highest BCUT2D eigenvalue weighted by Gasteiger charge is 2.20. The molecule has 0 aliphatic rings. The van der Waals surface area contributed by atoms with Gasteiger partial charge in [-0.2, -0.15) is 0 Å². The smallest absolute Gasteiger partial charge is 0.125 e. The van der Waals surface area contributed by atoms with Gasteiger partial charge in [0, 0.05) is 16.1 Å². The third-order valence-corrected chi connectivity index (χ3v) is 3.79. The topological polar surface area (TPSA) is 44.5 Å². The summed E-state index contributed by atoms with van der Waals surface area (Å²) in [6.45, 7) is 4.07. The molecule has 0 saturated carbocycles. The molecule has 2 N–H and O–H groups in total. The fourth-order valence-corrected chi connectivity index (χ4v) is 2.77. The van der Waals surface area contributed by atoms with Gasteiger partial charge >= 0.3 is 0 Å². The van der Waals surface area contributed by atoms with Gasteiger partial charge in [0.15, 0.2) is 0 Å². The number of benzene rings is 2. The Labute approximate surface area is 130 Å². The van der Waals surface area contributed by atoms with Crippen LogP contribution >= 0.6 is 11.6 Å². The average Bonchev–Trinajstić information content (AvgIpc) is 2.45. The normalized spacial score (nSPS) is 12.1. The van der Waals surface area contributed by atoms with E-state index in [0.29, 0.717) is 10.8 Å². The lowest BCUT2D eigenvalue weighted by atomic mass is 9.93. The number of hydrogen-bond acceptors (Lipinski definition) is 3. The lowest BCUT2D eigenvalue weighted by molar-refractivity contribution is 0.399. The Hall–Kier alpha value is -1.71. The van der Waals surface area contributed by atoms with E-state index >= 15 is 0 Å². The van der Waals surface area contributed by atoms with E-state index in [1.54, 1.807) is 20.3 Å². The number of rotatable bonds is 4. The van der Waals surface area contributed by atoms with Crippen LogP contribution in [0.25, 0.3) is 0 Å². The summed E-state index contributed by atoms with van der Waals surface area (Å²) in [5.74, 6) is 1.47. The molecule has 1 unspecified atom stereocenters. The van der Waals surface area contributed by atoms with E-state index in [1.165, 1.54) is 0 Å². The van der Waals surface area contributed by atoms with E-state index in [-0.39, 0.29) is 6.04 Å². The van der Waals surface area contributed by atoms with Crippen LogP contribution in [0.1, 0.15) is 28.3 Å². The number of halogens is 1. The first-order chi connectivity index (χ1) is 9.97. The van der Waals surface area contributed by atoms with Gasteiger partial charge in [-0.15, -0.1) is 0 Å². The van der Waals surface area contributed by atoms with Crippen LogP contribution in [-0.2, 0) is 0 Å². The molecular formula is C17H20ClNO2. The summed E-state index contributed by atoms with van der Waals surface area (Å²) in [7, 11) is 3.27. The maximum atomic E-state index is 6.47. The summed E-state index contributed by atoms with van der Waals surface area (Å²) in [6, 6.07) is 9.23. The van der Waals surface area contributed by atoms with Gasteiger partial charge < -0.3 is 15.2 Å². The van der Waals surface area contributed by atoms with E-state index in [0.717, 1.165) is 28.0 Å². The second-order valence-corrected chi connectivity index (χ2v) is 5.50. The summed E-state index contributed by atoms with van der Waals surface area (Å²) in [6.07, 6.45) is 0. The van der Waals surface area contributed by atoms with Crippen molar-refractivity contribution < 1.29 is 9.47 Å². The molecule has 2 aromatic carbocycles. The molecule has 3 nitrogen and oxygen atoms in total. The Morgan fingerprint density at radius 1 is 1.00 bits per heavy atom. The molecule has 0 aliphatic carbocycles. The average molecular weight is 306 g/mol. The van der Waals surface area contributed by atoms with Crippen molar-refractivity contribution in [1.29, 1.82) is 0 Å². The predicted molar refractivity (Wildman–Crippen MR) is 86.5 cm³/mol. The monoisotopic (exact) mass is 305 g/mol. The van der Waals surface area contributed by atoms with Crippen LogP contribution in [-0.4, -0.2) is 14.2 Å². The summed E-state index contributed by atoms with van der Waals surface area (Å²) in [5.41, 5.74) is 10.5. The molecule has 2 aromatic rings. The third kappa shape index (κ3) is 3.14. The van der Waals surface area contributed by atoms with E-state index in [1.807, 2.05) is 32.0 Å². The van der Waals surface area contributed by atoms with Crippen LogP contribution in [0.5, 0.6) is 11.5 Å². The molecule has 0 fully saturated rings. The molecule has 0 bridgehead atoms. The second kappa shape index (κ2) is 6.37. The Bertz CT molecular complexity index is 655. The predicted octanol–water partition coefficient (Wildman–Crippen LogP) is 4.02. The first kappa shape index (κ1) is 15.7. The minimum Gasteiger partial charge on any atom is -0.496 e. The molecule has 21 heavy (non-hydrogen) atoms. The quantitative estimate of drug-likeness (QED) is 0.928. The highest BCUT2D eigenvalue weighted by molar-refractivity contribution is 6.30. The van der Waals surface area contributed by atoms with Crippen molar-refractivity contribution in [3.8, 4) is 11.5 Å². The second-order valence-electron chi connectivity index (χ2n) is 5.06. The maximum Gasteiger partial charge on any atom is 0.125 e. The Morgan fingerprint density at radius 2 is 1.67 bits per heavy atom. The first-order valence-electron chi connectivity index (χ1n) is 6.72. The molecule has 2 rings (SSSR count). The molecular weight excluding hydrogens is 286 g/mol. The highest BCUT2D eigenvalue weighted by Crippen LogP contribution is 2.36. The molecule has 0 heterocycles. The van der Waals surface area contributed by atoms with Crippen molar-refractivity contribution in [3.05, 3.63) is 57.6 Å². The molecule has 1 atom stereocenters. The van der Waals surface area contributed by atoms with Gasteiger partial charge in [0.25, 0.3) is 0 Å². The zero-order valence-corrected chi connectivity index (χ0v) is 13.5. The number of hydrogen-bond donors (Lipinski definition) is 1. The molecule has 0 spiro atoms. The largest absolute Gasteiger partial charge is 0.496 e. The number of methoxy groups -OCH3 is 2. The van der Waals surface area contributed by atoms with Gasteiger partial charge in [0.2, 0.25) is 0 Å². The number of nitrogens with two attached hydrogens (primary N) is 1. The first-order valence-corrected chi connectivity index (χ1v) is 7.10. The molecule has 4 heteroatoms. The van der Waals surface area contributed by atoms with Crippen LogP contribution < -0.4 is 15.2 Å². The van der Waals surface area contributed by atoms with E-state index < -0.39 is 0 Å². The molecule has 0 saturated heterocycles. The van der Waals surface area contributed by atoms with Gasteiger partial charge in [-0.05, 0) is 43.2 Å². The van der Waals surface area contributed by atoms with Crippen LogP contribution in [0.15, 0.2) is 30.3 Å². The van der Waals surface area contributed by atoms with Gasteiger partial charge in [-0.3, -0.25) is 0 Å². The van der Waals surface area contributed by atoms with Crippen molar-refractivity contribution in [2.24, 2.45) is 5.73 Å². The lowest BCUT2D eigenvalue weighted by Gasteiger charge is -2.21. The fourth-order valence-electron chi connectivity index (χ4n) is 2.60. The summed E-state index contributed by atoms with van der Waals surface area (Å²) < 4.78 is 10.9. The number of aryl methyl sites for hydroxylation is 2. The molecule has 0 amide bonds. The van der Waals surface area contributed by atoms with Gasteiger partial charge in [0.05, 0.1) is 20.3 Å². The lowest BCUT2D eigenvalue weighted by Crippen LogP contribution is -2.16. The van der Waals surface area contributed by atoms with Crippen LogP contribution in [0.3, 0.4) is 0 Å². The summed E-state index contributed by atoms with van der Waals surface area (Å²) >= 11 is 6.01. The minimum absolute atomic E-state index is 0.340. The Balaban J connectivity index is 2.57. The highest BCUT2D eigenvalue weighted by atomic mass is 35.5. The van der Waals surface area contributed by atoms with Crippen molar-refractivity contribution in [1.82, 2.24) is 0 Å². The molecule has 112 valence electrons. The summed E-state index contributed by atoms with van der Waals surface area (Å²) in [5, 5.41) is 0.621. The molecule has 0 aliphatic heterocycles. The van der Waals surface area contributed by atoms with Crippen molar-refractivity contribution in [2.45, 2.75) is 19.9 Å². The Morgan fingerprint density at radius 3 is 2.29 bits per heavy atom. The molecule has 0 aromatic heterocycles. The SMILES string of the molecule is COc1cc(Cl)ccc1C(N)c1c(C)cc(C)cc1OC. The van der Waals surface area contributed by atoms with E-state index in [4.69, 9.17) is 26.8 Å². The van der Waals surface area contributed by atoms with Crippen molar-refractivity contribution in [2.75, 3.05) is 14.2 Å². The van der Waals surface area contributed by atoms with Crippen molar-refractivity contribution in [3.63, 3.8) is 0 Å². The Kier molecular flexibility index (Phi) is 4.76. The number of ether oxygens (including phenoxy) is 2. The molecule has 0 radical (unpaired) electrons. The maximum absolute atomic E-state index is 6.47. The summed E-state index contributed by atoms with van der Waals surface area (Å²) in [4.78, 5) is 0. The third-order valence-electron chi connectivity index (χ3n) is 3.55. The van der Waals surface area contributed by atoms with Gasteiger partial charge in [-0.1, -0.05) is 23.7 Å². The minimum atomic E-state index is -0.340. The zero-order valence-electron chi connectivity index (χ0n) is 12.7. The van der Waals surface area contributed by atoms with Gasteiger partial charge in [0.1, 0.15) is 11.5 Å². The van der Waals surface area contributed by atoms with Crippen LogP contribution in [0.2, 0.25) is 5.02 Å². The standard InChI is InChI=1S/C17H20ClNO2/c1-10-7-11(2)16(15(8-10)21-4)17(19)13-6-5-12(18)9-14(13)20-3/h5-9,17H,19H2,1-4H3.